The highest BCUT2D eigenvalue weighted by atomic mass is 16.2. The fourth-order valence-corrected chi connectivity index (χ4v) is 4.53. The van der Waals surface area contributed by atoms with Gasteiger partial charge in [-0.2, -0.15) is 0 Å². The molecule has 3 rings (SSSR count). The van der Waals surface area contributed by atoms with Gasteiger partial charge < -0.3 is 16.0 Å². The predicted molar refractivity (Wildman–Crippen MR) is 75.7 cm³/mol. The Morgan fingerprint density at radius 3 is 2.55 bits per heavy atom. The number of amides is 2. The topological polar surface area (TPSA) is 75.4 Å². The summed E-state index contributed by atoms with van der Waals surface area (Å²) in [5.41, 5.74) is 6.28. The molecule has 0 radical (unpaired) electrons. The number of rotatable bonds is 2. The van der Waals surface area contributed by atoms with Gasteiger partial charge in [0.1, 0.15) is 6.04 Å². The Labute approximate surface area is 120 Å². The van der Waals surface area contributed by atoms with Crippen LogP contribution in [0, 0.1) is 17.8 Å². The third kappa shape index (κ3) is 2.12. The molecular weight excluding hydrogens is 254 g/mol. The van der Waals surface area contributed by atoms with Gasteiger partial charge >= 0.3 is 0 Å². The monoisotopic (exact) mass is 279 g/mol. The van der Waals surface area contributed by atoms with Crippen LogP contribution in [-0.2, 0) is 9.59 Å². The second-order valence-corrected chi connectivity index (χ2v) is 6.59. The number of carbonyl (C=O) groups is 2. The first-order chi connectivity index (χ1) is 9.63. The summed E-state index contributed by atoms with van der Waals surface area (Å²) in [5, 5.41) is 2.69. The van der Waals surface area contributed by atoms with Crippen molar-refractivity contribution in [2.45, 2.75) is 50.6 Å². The molecule has 3 N–H and O–H groups in total. The first-order valence-electron chi connectivity index (χ1n) is 7.91. The van der Waals surface area contributed by atoms with E-state index >= 15 is 0 Å². The molecule has 2 aliphatic carbocycles. The van der Waals surface area contributed by atoms with Gasteiger partial charge in [-0.3, -0.25) is 9.59 Å². The maximum atomic E-state index is 12.9. The number of likely N-dealkylation sites (N-methyl/N-ethyl adjacent to an activating group) is 1. The molecule has 5 nitrogen and oxygen atoms in total. The molecule has 2 bridgehead atoms. The van der Waals surface area contributed by atoms with Crippen LogP contribution < -0.4 is 11.1 Å². The third-order valence-electron chi connectivity index (χ3n) is 5.60. The van der Waals surface area contributed by atoms with E-state index in [-0.39, 0.29) is 29.8 Å². The fraction of sp³-hybridized carbons (Fsp3) is 0.867. The largest absolute Gasteiger partial charge is 0.357 e. The maximum absolute atomic E-state index is 12.9. The lowest BCUT2D eigenvalue weighted by Crippen LogP contribution is -2.56. The summed E-state index contributed by atoms with van der Waals surface area (Å²) in [6.07, 6.45) is 6.21. The van der Waals surface area contributed by atoms with Crippen molar-refractivity contribution in [3.63, 3.8) is 0 Å². The van der Waals surface area contributed by atoms with Gasteiger partial charge in [0.2, 0.25) is 11.8 Å². The van der Waals surface area contributed by atoms with Crippen LogP contribution in [0.1, 0.15) is 38.5 Å². The summed E-state index contributed by atoms with van der Waals surface area (Å²) in [5.74, 6) is 1.04. The Morgan fingerprint density at radius 2 is 1.90 bits per heavy atom. The highest BCUT2D eigenvalue weighted by Crippen LogP contribution is 2.48. The molecule has 1 heterocycles. The van der Waals surface area contributed by atoms with Crippen LogP contribution in [0.2, 0.25) is 0 Å². The van der Waals surface area contributed by atoms with Gasteiger partial charge in [0.15, 0.2) is 0 Å². The van der Waals surface area contributed by atoms with Crippen LogP contribution in [0.25, 0.3) is 0 Å². The molecule has 2 saturated carbocycles. The van der Waals surface area contributed by atoms with Gasteiger partial charge in [0.05, 0.1) is 5.92 Å². The minimum Gasteiger partial charge on any atom is -0.357 e. The Kier molecular flexibility index (Phi) is 3.71. The summed E-state index contributed by atoms with van der Waals surface area (Å²) in [6, 6.07) is -0.277. The summed E-state index contributed by atoms with van der Waals surface area (Å²) in [4.78, 5) is 26.7. The Balaban J connectivity index is 1.76. The zero-order chi connectivity index (χ0) is 14.3. The van der Waals surface area contributed by atoms with Crippen LogP contribution in [0.15, 0.2) is 0 Å². The van der Waals surface area contributed by atoms with E-state index in [1.807, 2.05) is 4.90 Å². The summed E-state index contributed by atoms with van der Waals surface area (Å²) >= 11 is 0. The van der Waals surface area contributed by atoms with E-state index in [4.69, 9.17) is 5.73 Å². The minimum atomic E-state index is -0.285. The number of nitrogens with one attached hydrogen (secondary N) is 1. The third-order valence-corrected chi connectivity index (χ3v) is 5.60. The van der Waals surface area contributed by atoms with Crippen molar-refractivity contribution in [3.05, 3.63) is 0 Å². The molecule has 5 unspecified atom stereocenters. The second-order valence-electron chi connectivity index (χ2n) is 6.59. The number of hydrogen-bond donors (Lipinski definition) is 2. The van der Waals surface area contributed by atoms with E-state index in [9.17, 15) is 9.59 Å². The van der Waals surface area contributed by atoms with Gasteiger partial charge in [-0.15, -0.1) is 0 Å². The summed E-state index contributed by atoms with van der Waals surface area (Å²) in [6.45, 7) is 0.706. The Morgan fingerprint density at radius 1 is 1.15 bits per heavy atom. The second kappa shape index (κ2) is 5.35. The van der Waals surface area contributed by atoms with Gasteiger partial charge in [0, 0.05) is 19.6 Å². The highest BCUT2D eigenvalue weighted by Gasteiger charge is 2.51. The molecule has 0 aromatic rings. The number of nitrogens with zero attached hydrogens (tertiary/aromatic N) is 1. The Bertz CT molecular complexity index is 410. The van der Waals surface area contributed by atoms with Gasteiger partial charge in [0.25, 0.3) is 0 Å². The molecule has 1 saturated heterocycles. The molecule has 0 aromatic heterocycles. The van der Waals surface area contributed by atoms with Crippen molar-refractivity contribution in [2.24, 2.45) is 23.5 Å². The lowest BCUT2D eigenvalue weighted by Gasteiger charge is -2.39. The average molecular weight is 279 g/mol. The van der Waals surface area contributed by atoms with Gasteiger partial charge in [-0.25, -0.2) is 0 Å². The number of piperidine rings is 1. The van der Waals surface area contributed by atoms with Crippen molar-refractivity contribution in [1.29, 1.82) is 0 Å². The SMILES string of the molecule is CNC(=O)C1CCCCN1C(=O)C1C2CCC(C2)C1N. The summed E-state index contributed by atoms with van der Waals surface area (Å²) < 4.78 is 0. The molecule has 5 heteroatoms. The van der Waals surface area contributed by atoms with Crippen LogP contribution in [0.4, 0.5) is 0 Å². The normalized spacial score (nSPS) is 39.9. The van der Waals surface area contributed by atoms with E-state index in [0.717, 1.165) is 32.1 Å². The van der Waals surface area contributed by atoms with Gasteiger partial charge in [-0.1, -0.05) is 0 Å². The van der Waals surface area contributed by atoms with Crippen molar-refractivity contribution >= 4 is 11.8 Å². The lowest BCUT2D eigenvalue weighted by molar-refractivity contribution is -0.147. The highest BCUT2D eigenvalue weighted by molar-refractivity contribution is 5.89. The quantitative estimate of drug-likeness (QED) is 0.772. The molecule has 5 atom stereocenters. The van der Waals surface area contributed by atoms with Crippen LogP contribution in [0.3, 0.4) is 0 Å². The molecule has 112 valence electrons. The number of hydrogen-bond acceptors (Lipinski definition) is 3. The van der Waals surface area contributed by atoms with E-state index in [1.165, 1.54) is 6.42 Å². The van der Waals surface area contributed by atoms with Crippen LogP contribution in [0.5, 0.6) is 0 Å². The maximum Gasteiger partial charge on any atom is 0.242 e. The average Bonchev–Trinajstić information content (AvgIpc) is 3.06. The smallest absolute Gasteiger partial charge is 0.242 e. The van der Waals surface area contributed by atoms with E-state index in [2.05, 4.69) is 5.32 Å². The molecule has 0 spiro atoms. The Hall–Kier alpha value is -1.10. The van der Waals surface area contributed by atoms with Crippen molar-refractivity contribution in [3.8, 4) is 0 Å². The lowest BCUT2D eigenvalue weighted by atomic mass is 9.83. The first kappa shape index (κ1) is 13.9. The predicted octanol–water partition coefficient (Wildman–Crippen LogP) is 0.487. The van der Waals surface area contributed by atoms with E-state index in [1.54, 1.807) is 7.05 Å². The van der Waals surface area contributed by atoms with Crippen molar-refractivity contribution < 1.29 is 9.59 Å². The molecule has 2 amide bonds. The fourth-order valence-electron chi connectivity index (χ4n) is 4.53. The molecule has 3 fully saturated rings. The van der Waals surface area contributed by atoms with Crippen molar-refractivity contribution in [1.82, 2.24) is 10.2 Å². The molecule has 20 heavy (non-hydrogen) atoms. The molecular formula is C15H25N3O2. The number of nitrogens with two attached hydrogens (primary N) is 1. The molecule has 3 aliphatic rings. The van der Waals surface area contributed by atoms with E-state index in [0.29, 0.717) is 18.4 Å². The molecule has 0 aromatic carbocycles. The minimum absolute atomic E-state index is 0.00788. The zero-order valence-electron chi connectivity index (χ0n) is 12.2. The summed E-state index contributed by atoms with van der Waals surface area (Å²) in [7, 11) is 1.64. The van der Waals surface area contributed by atoms with Crippen LogP contribution >= 0.6 is 0 Å². The number of carbonyl (C=O) groups excluding carboxylic acids is 2. The van der Waals surface area contributed by atoms with Crippen molar-refractivity contribution in [2.75, 3.05) is 13.6 Å². The van der Waals surface area contributed by atoms with Crippen LogP contribution in [-0.4, -0.2) is 42.4 Å². The zero-order valence-corrected chi connectivity index (χ0v) is 12.2. The molecule has 1 aliphatic heterocycles. The van der Waals surface area contributed by atoms with Gasteiger partial charge in [-0.05, 0) is 50.4 Å². The first-order valence-corrected chi connectivity index (χ1v) is 7.91. The standard InChI is InChI=1S/C15H25N3O2/c1-17-14(19)11-4-2-3-7-18(11)15(20)12-9-5-6-10(8-9)13(12)16/h9-13H,2-8,16H2,1H3,(H,17,19). The number of fused-ring (bicyclic) bond motifs is 2. The number of likely N-dealkylation sites (tertiary alicyclic amines) is 1. The van der Waals surface area contributed by atoms with E-state index < -0.39 is 0 Å².